The Hall–Kier alpha value is -2.21. The highest BCUT2D eigenvalue weighted by atomic mass is 32.2. The standard InChI is InChI=1S/C15H14FNO3S/c1-21(19,20)17-14-4-2-3-11(9-14)10-15(18)12-5-7-13(16)8-6-12/h2-9,17H,10H2,1H3. The van der Waals surface area contributed by atoms with Crippen LogP contribution < -0.4 is 4.72 Å². The Balaban J connectivity index is 2.14. The van der Waals surface area contributed by atoms with Gasteiger partial charge >= 0.3 is 0 Å². The molecule has 0 unspecified atom stereocenters. The Morgan fingerprint density at radius 2 is 1.81 bits per heavy atom. The number of ketones is 1. The van der Waals surface area contributed by atoms with Crippen LogP contribution in [0.1, 0.15) is 15.9 Å². The number of carbonyl (C=O) groups excluding carboxylic acids is 1. The predicted molar refractivity (Wildman–Crippen MR) is 79.3 cm³/mol. The average molecular weight is 307 g/mol. The quantitative estimate of drug-likeness (QED) is 0.864. The molecule has 21 heavy (non-hydrogen) atoms. The first-order valence-electron chi connectivity index (χ1n) is 6.19. The van der Waals surface area contributed by atoms with Crippen LogP contribution in [0.3, 0.4) is 0 Å². The van der Waals surface area contributed by atoms with Crippen LogP contribution >= 0.6 is 0 Å². The highest BCUT2D eigenvalue weighted by molar-refractivity contribution is 7.92. The number of benzene rings is 2. The molecule has 0 bridgehead atoms. The summed E-state index contributed by atoms with van der Waals surface area (Å²) in [6, 6.07) is 11.9. The van der Waals surface area contributed by atoms with E-state index >= 15 is 0 Å². The van der Waals surface area contributed by atoms with Crippen molar-refractivity contribution < 1.29 is 17.6 Å². The van der Waals surface area contributed by atoms with Gasteiger partial charge in [0.25, 0.3) is 0 Å². The van der Waals surface area contributed by atoms with Crippen LogP contribution in [0, 0.1) is 5.82 Å². The third-order valence-electron chi connectivity index (χ3n) is 2.76. The van der Waals surface area contributed by atoms with E-state index in [4.69, 9.17) is 0 Å². The zero-order chi connectivity index (χ0) is 15.5. The molecule has 0 aromatic heterocycles. The molecule has 2 aromatic carbocycles. The van der Waals surface area contributed by atoms with E-state index in [-0.39, 0.29) is 12.2 Å². The summed E-state index contributed by atoms with van der Waals surface area (Å²) in [6.07, 6.45) is 1.17. The Morgan fingerprint density at radius 3 is 2.43 bits per heavy atom. The molecule has 0 amide bonds. The normalized spacial score (nSPS) is 11.1. The molecular weight excluding hydrogens is 293 g/mol. The Morgan fingerprint density at radius 1 is 1.14 bits per heavy atom. The number of carbonyl (C=O) groups is 1. The minimum atomic E-state index is -3.36. The number of hydrogen-bond donors (Lipinski definition) is 1. The molecule has 0 aliphatic carbocycles. The van der Waals surface area contributed by atoms with Gasteiger partial charge in [-0.05, 0) is 42.0 Å². The molecule has 2 rings (SSSR count). The zero-order valence-electron chi connectivity index (χ0n) is 11.3. The number of hydrogen-bond acceptors (Lipinski definition) is 3. The van der Waals surface area contributed by atoms with E-state index in [1.807, 2.05) is 0 Å². The van der Waals surface area contributed by atoms with Crippen molar-refractivity contribution in [3.05, 3.63) is 65.5 Å². The van der Waals surface area contributed by atoms with Crippen molar-refractivity contribution >= 4 is 21.5 Å². The number of Topliss-reactive ketones (excluding diaryl/α,β-unsaturated/α-hetero) is 1. The molecule has 2 aromatic rings. The molecule has 4 nitrogen and oxygen atoms in total. The maximum atomic E-state index is 12.8. The first-order valence-corrected chi connectivity index (χ1v) is 8.08. The maximum absolute atomic E-state index is 12.8. The van der Waals surface area contributed by atoms with Crippen LogP contribution in [0.15, 0.2) is 48.5 Å². The lowest BCUT2D eigenvalue weighted by Crippen LogP contribution is -2.10. The van der Waals surface area contributed by atoms with Crippen molar-refractivity contribution in [2.45, 2.75) is 6.42 Å². The zero-order valence-corrected chi connectivity index (χ0v) is 12.2. The third kappa shape index (κ3) is 4.68. The molecule has 0 heterocycles. The smallest absolute Gasteiger partial charge is 0.229 e. The van der Waals surface area contributed by atoms with Crippen molar-refractivity contribution in [2.24, 2.45) is 0 Å². The van der Waals surface area contributed by atoms with Crippen LogP contribution in [0.25, 0.3) is 0 Å². The van der Waals surface area contributed by atoms with Crippen LogP contribution in [0.2, 0.25) is 0 Å². The minimum Gasteiger partial charge on any atom is -0.294 e. The minimum absolute atomic E-state index is 0.116. The van der Waals surface area contributed by atoms with Gasteiger partial charge in [0.2, 0.25) is 10.0 Å². The SMILES string of the molecule is CS(=O)(=O)Nc1cccc(CC(=O)c2ccc(F)cc2)c1. The van der Waals surface area contributed by atoms with Gasteiger partial charge in [0.05, 0.1) is 6.26 Å². The van der Waals surface area contributed by atoms with Crippen LogP contribution in [-0.4, -0.2) is 20.5 Å². The van der Waals surface area contributed by atoms with E-state index in [1.165, 1.54) is 24.3 Å². The largest absolute Gasteiger partial charge is 0.294 e. The molecule has 0 spiro atoms. The molecular formula is C15H14FNO3S. The van der Waals surface area contributed by atoms with Gasteiger partial charge in [0, 0.05) is 17.7 Å². The van der Waals surface area contributed by atoms with E-state index < -0.39 is 15.8 Å². The molecule has 0 saturated heterocycles. The Kier molecular flexibility index (Phi) is 4.37. The molecule has 0 radical (unpaired) electrons. The lowest BCUT2D eigenvalue weighted by atomic mass is 10.0. The van der Waals surface area contributed by atoms with E-state index in [9.17, 15) is 17.6 Å². The lowest BCUT2D eigenvalue weighted by molar-refractivity contribution is 0.0993. The summed E-state index contributed by atoms with van der Waals surface area (Å²) < 4.78 is 37.5. The van der Waals surface area contributed by atoms with E-state index in [2.05, 4.69) is 4.72 Å². The van der Waals surface area contributed by atoms with Crippen LogP contribution in [0.5, 0.6) is 0 Å². The van der Waals surface area contributed by atoms with Gasteiger partial charge in [-0.25, -0.2) is 12.8 Å². The van der Waals surface area contributed by atoms with Crippen molar-refractivity contribution in [2.75, 3.05) is 11.0 Å². The fraction of sp³-hybridized carbons (Fsp3) is 0.133. The monoisotopic (exact) mass is 307 g/mol. The average Bonchev–Trinajstić information content (AvgIpc) is 2.37. The lowest BCUT2D eigenvalue weighted by Gasteiger charge is -2.06. The summed E-state index contributed by atoms with van der Waals surface area (Å²) in [6.45, 7) is 0. The van der Waals surface area contributed by atoms with Crippen LogP contribution in [0.4, 0.5) is 10.1 Å². The summed E-state index contributed by atoms with van der Waals surface area (Å²) in [5.41, 5.74) is 1.50. The number of sulfonamides is 1. The fourth-order valence-electron chi connectivity index (χ4n) is 1.88. The Bertz CT molecular complexity index is 755. The molecule has 0 aliphatic rings. The molecule has 0 saturated carbocycles. The van der Waals surface area contributed by atoms with E-state index in [1.54, 1.807) is 24.3 Å². The molecule has 6 heteroatoms. The maximum Gasteiger partial charge on any atom is 0.229 e. The van der Waals surface area contributed by atoms with Gasteiger partial charge < -0.3 is 0 Å². The van der Waals surface area contributed by atoms with Gasteiger partial charge in [0.1, 0.15) is 5.82 Å². The summed E-state index contributed by atoms with van der Waals surface area (Å²) >= 11 is 0. The fourth-order valence-corrected chi connectivity index (χ4v) is 2.44. The summed E-state index contributed by atoms with van der Waals surface area (Å²) in [5, 5.41) is 0. The van der Waals surface area contributed by atoms with Gasteiger partial charge in [-0.3, -0.25) is 9.52 Å². The topological polar surface area (TPSA) is 63.2 Å². The number of nitrogens with one attached hydrogen (secondary N) is 1. The number of anilines is 1. The number of rotatable bonds is 5. The highest BCUT2D eigenvalue weighted by Gasteiger charge is 2.08. The molecule has 0 fully saturated rings. The molecule has 1 N–H and O–H groups in total. The molecule has 0 aliphatic heterocycles. The molecule has 0 atom stereocenters. The molecule has 110 valence electrons. The van der Waals surface area contributed by atoms with E-state index in [0.29, 0.717) is 16.8 Å². The third-order valence-corrected chi connectivity index (χ3v) is 3.37. The van der Waals surface area contributed by atoms with Crippen molar-refractivity contribution in [1.29, 1.82) is 0 Å². The highest BCUT2D eigenvalue weighted by Crippen LogP contribution is 2.14. The number of halogens is 1. The predicted octanol–water partition coefficient (Wildman–Crippen LogP) is 2.62. The van der Waals surface area contributed by atoms with Gasteiger partial charge in [0.15, 0.2) is 5.78 Å². The summed E-state index contributed by atoms with van der Waals surface area (Å²) in [7, 11) is -3.36. The van der Waals surface area contributed by atoms with Crippen molar-refractivity contribution in [1.82, 2.24) is 0 Å². The first-order chi connectivity index (χ1) is 9.83. The second kappa shape index (κ2) is 6.05. The van der Waals surface area contributed by atoms with Gasteiger partial charge in [-0.15, -0.1) is 0 Å². The van der Waals surface area contributed by atoms with Crippen LogP contribution in [-0.2, 0) is 16.4 Å². The van der Waals surface area contributed by atoms with Gasteiger partial charge in [-0.1, -0.05) is 12.1 Å². The van der Waals surface area contributed by atoms with Gasteiger partial charge in [-0.2, -0.15) is 0 Å². The van der Waals surface area contributed by atoms with Crippen molar-refractivity contribution in [3.8, 4) is 0 Å². The second-order valence-corrected chi connectivity index (χ2v) is 6.43. The summed E-state index contributed by atoms with van der Waals surface area (Å²) in [4.78, 5) is 12.1. The van der Waals surface area contributed by atoms with Crippen molar-refractivity contribution in [3.63, 3.8) is 0 Å². The first kappa shape index (κ1) is 15.2. The Labute approximate surface area is 122 Å². The summed E-state index contributed by atoms with van der Waals surface area (Å²) in [5.74, 6) is -0.558. The van der Waals surface area contributed by atoms with E-state index in [0.717, 1.165) is 6.26 Å². The second-order valence-electron chi connectivity index (χ2n) is 4.68.